The largest absolute Gasteiger partial charge is 0.394 e. The van der Waals surface area contributed by atoms with Crippen LogP contribution in [0, 0.1) is 0 Å². The molecule has 160 valence electrons. The first-order chi connectivity index (χ1) is 13.2. The second-order valence-electron chi connectivity index (χ2n) is 7.68. The standard InChI is InChI=1S/C22H42O5/c1-2-3-4-5-6-7-8-9-10-11-12-13-14-15-16-26-22-19(24)18-27-20(17-23)21(22)25/h11-12,19-25H,2-10,13-18H2,1H3/b12-11+/t19-,20+,21+,22+/m1/s1. The Bertz CT molecular complexity index is 361. The lowest BCUT2D eigenvalue weighted by Gasteiger charge is -2.37. The van der Waals surface area contributed by atoms with E-state index in [2.05, 4.69) is 19.1 Å². The average Bonchev–Trinajstić information content (AvgIpc) is 2.67. The quantitative estimate of drug-likeness (QED) is 0.278. The van der Waals surface area contributed by atoms with E-state index in [1.54, 1.807) is 0 Å². The Morgan fingerprint density at radius 3 is 2.11 bits per heavy atom. The molecule has 1 aliphatic rings. The number of allylic oxidation sites excluding steroid dienone is 2. The van der Waals surface area contributed by atoms with Crippen LogP contribution in [0.15, 0.2) is 12.2 Å². The maximum atomic E-state index is 10.0. The number of hydrogen-bond donors (Lipinski definition) is 3. The molecule has 0 aliphatic carbocycles. The van der Waals surface area contributed by atoms with Crippen LogP contribution in [0.2, 0.25) is 0 Å². The van der Waals surface area contributed by atoms with E-state index in [1.807, 2.05) is 0 Å². The minimum atomic E-state index is -0.981. The summed E-state index contributed by atoms with van der Waals surface area (Å²) >= 11 is 0. The minimum absolute atomic E-state index is 0.0917. The fourth-order valence-electron chi connectivity index (χ4n) is 3.44. The fraction of sp³-hybridized carbons (Fsp3) is 0.909. The summed E-state index contributed by atoms with van der Waals surface area (Å²) in [4.78, 5) is 0. The second kappa shape index (κ2) is 16.5. The third kappa shape index (κ3) is 11.2. The zero-order valence-electron chi connectivity index (χ0n) is 17.2. The molecule has 3 N–H and O–H groups in total. The van der Waals surface area contributed by atoms with Crippen LogP contribution in [-0.2, 0) is 9.47 Å². The van der Waals surface area contributed by atoms with Crippen LogP contribution in [0.1, 0.15) is 84.0 Å². The van der Waals surface area contributed by atoms with Crippen molar-refractivity contribution in [2.45, 2.75) is 108 Å². The zero-order valence-corrected chi connectivity index (χ0v) is 17.2. The maximum absolute atomic E-state index is 10.0. The number of aliphatic hydroxyl groups excluding tert-OH is 3. The predicted molar refractivity (Wildman–Crippen MR) is 109 cm³/mol. The molecule has 5 nitrogen and oxygen atoms in total. The molecule has 0 aromatic rings. The zero-order chi connectivity index (χ0) is 19.7. The SMILES string of the molecule is CCCCCCCCCC/C=C/CCCCO[C@@H]1[C@@H](O)[C@H](CO)OC[C@H]1O. The van der Waals surface area contributed by atoms with Crippen molar-refractivity contribution in [1.82, 2.24) is 0 Å². The Hall–Kier alpha value is -0.460. The van der Waals surface area contributed by atoms with Crippen molar-refractivity contribution in [2.75, 3.05) is 19.8 Å². The first-order valence-corrected chi connectivity index (χ1v) is 11.1. The lowest BCUT2D eigenvalue weighted by molar-refractivity contribution is -0.210. The number of ether oxygens (including phenoxy) is 2. The molecule has 0 aromatic carbocycles. The van der Waals surface area contributed by atoms with Gasteiger partial charge in [-0.15, -0.1) is 0 Å². The van der Waals surface area contributed by atoms with Crippen LogP contribution < -0.4 is 0 Å². The van der Waals surface area contributed by atoms with Gasteiger partial charge in [0.1, 0.15) is 24.4 Å². The van der Waals surface area contributed by atoms with Gasteiger partial charge in [0.05, 0.1) is 13.2 Å². The number of unbranched alkanes of at least 4 members (excludes halogenated alkanes) is 10. The molecule has 0 aromatic heterocycles. The van der Waals surface area contributed by atoms with Gasteiger partial charge in [-0.25, -0.2) is 0 Å². The molecule has 1 saturated heterocycles. The summed E-state index contributed by atoms with van der Waals surface area (Å²) in [7, 11) is 0. The molecule has 0 unspecified atom stereocenters. The van der Waals surface area contributed by atoms with Gasteiger partial charge in [-0.2, -0.15) is 0 Å². The van der Waals surface area contributed by atoms with Crippen LogP contribution in [0.3, 0.4) is 0 Å². The summed E-state index contributed by atoms with van der Waals surface area (Å²) in [5.74, 6) is 0. The molecule has 1 rings (SSSR count). The van der Waals surface area contributed by atoms with E-state index in [4.69, 9.17) is 14.6 Å². The van der Waals surface area contributed by atoms with E-state index in [-0.39, 0.29) is 13.2 Å². The highest BCUT2D eigenvalue weighted by Crippen LogP contribution is 2.19. The molecule has 0 amide bonds. The van der Waals surface area contributed by atoms with Crippen molar-refractivity contribution in [1.29, 1.82) is 0 Å². The van der Waals surface area contributed by atoms with Crippen LogP contribution in [0.5, 0.6) is 0 Å². The predicted octanol–water partition coefficient (Wildman–Crippen LogP) is 3.74. The highest BCUT2D eigenvalue weighted by Gasteiger charge is 2.38. The number of aliphatic hydroxyl groups is 3. The monoisotopic (exact) mass is 386 g/mol. The Kier molecular flexibility index (Phi) is 15.0. The number of hydrogen-bond acceptors (Lipinski definition) is 5. The van der Waals surface area contributed by atoms with Gasteiger partial charge in [0.15, 0.2) is 0 Å². The molecule has 27 heavy (non-hydrogen) atoms. The molecule has 1 fully saturated rings. The molecule has 1 heterocycles. The van der Waals surface area contributed by atoms with Crippen LogP contribution in [0.4, 0.5) is 0 Å². The summed E-state index contributed by atoms with van der Waals surface area (Å²) in [6.07, 6.45) is 16.4. The van der Waals surface area contributed by atoms with Crippen LogP contribution in [0.25, 0.3) is 0 Å². The molecular weight excluding hydrogens is 344 g/mol. The highest BCUT2D eigenvalue weighted by molar-refractivity contribution is 4.87. The van der Waals surface area contributed by atoms with Gasteiger partial charge in [-0.1, -0.05) is 64.0 Å². The lowest BCUT2D eigenvalue weighted by atomic mass is 10.0. The van der Waals surface area contributed by atoms with E-state index >= 15 is 0 Å². The smallest absolute Gasteiger partial charge is 0.114 e. The second-order valence-corrected chi connectivity index (χ2v) is 7.68. The molecule has 5 heteroatoms. The summed E-state index contributed by atoms with van der Waals surface area (Å²) < 4.78 is 10.8. The van der Waals surface area contributed by atoms with Crippen molar-refractivity contribution in [3.63, 3.8) is 0 Å². The minimum Gasteiger partial charge on any atom is -0.394 e. The maximum Gasteiger partial charge on any atom is 0.114 e. The Morgan fingerprint density at radius 1 is 0.889 bits per heavy atom. The van der Waals surface area contributed by atoms with Crippen LogP contribution >= 0.6 is 0 Å². The van der Waals surface area contributed by atoms with Gasteiger partial charge in [-0.3, -0.25) is 0 Å². The molecule has 0 radical (unpaired) electrons. The highest BCUT2D eigenvalue weighted by atomic mass is 16.6. The van der Waals surface area contributed by atoms with E-state index in [0.29, 0.717) is 6.61 Å². The first-order valence-electron chi connectivity index (χ1n) is 11.1. The van der Waals surface area contributed by atoms with E-state index < -0.39 is 24.4 Å². The normalized spacial score (nSPS) is 26.1. The molecule has 0 saturated carbocycles. The average molecular weight is 387 g/mol. The number of rotatable bonds is 16. The third-order valence-corrected chi connectivity index (χ3v) is 5.22. The summed E-state index contributed by atoms with van der Waals surface area (Å²) in [5.41, 5.74) is 0. The van der Waals surface area contributed by atoms with Crippen molar-refractivity contribution >= 4 is 0 Å². The van der Waals surface area contributed by atoms with Crippen molar-refractivity contribution in [3.05, 3.63) is 12.2 Å². The Labute approximate surface area is 165 Å². The summed E-state index contributed by atoms with van der Waals surface area (Å²) in [6, 6.07) is 0. The van der Waals surface area contributed by atoms with Gasteiger partial charge in [0.25, 0.3) is 0 Å². The summed E-state index contributed by atoms with van der Waals surface area (Å²) in [5, 5.41) is 29.0. The van der Waals surface area contributed by atoms with E-state index in [9.17, 15) is 10.2 Å². The lowest BCUT2D eigenvalue weighted by Crippen LogP contribution is -2.55. The van der Waals surface area contributed by atoms with Gasteiger partial charge >= 0.3 is 0 Å². The molecule has 4 atom stereocenters. The van der Waals surface area contributed by atoms with Crippen LogP contribution in [-0.4, -0.2) is 59.6 Å². The van der Waals surface area contributed by atoms with Gasteiger partial charge in [0, 0.05) is 6.61 Å². The van der Waals surface area contributed by atoms with Crippen molar-refractivity contribution in [3.8, 4) is 0 Å². The Morgan fingerprint density at radius 2 is 1.48 bits per heavy atom. The Balaban J connectivity index is 1.92. The molecule has 1 aliphatic heterocycles. The van der Waals surface area contributed by atoms with Gasteiger partial charge in [-0.05, 0) is 32.1 Å². The van der Waals surface area contributed by atoms with Gasteiger partial charge in [0.2, 0.25) is 0 Å². The fourth-order valence-corrected chi connectivity index (χ4v) is 3.44. The van der Waals surface area contributed by atoms with E-state index in [1.165, 1.54) is 57.8 Å². The van der Waals surface area contributed by atoms with Gasteiger partial charge < -0.3 is 24.8 Å². The van der Waals surface area contributed by atoms with Crippen molar-refractivity contribution in [2.24, 2.45) is 0 Å². The molecule has 0 bridgehead atoms. The molecular formula is C22H42O5. The topological polar surface area (TPSA) is 79.2 Å². The van der Waals surface area contributed by atoms with E-state index in [0.717, 1.165) is 19.3 Å². The third-order valence-electron chi connectivity index (χ3n) is 5.22. The van der Waals surface area contributed by atoms with Crippen molar-refractivity contribution < 1.29 is 24.8 Å². The first kappa shape index (κ1) is 24.6. The summed E-state index contributed by atoms with van der Waals surface area (Å²) in [6.45, 7) is 2.59. The molecule has 0 spiro atoms.